The molecule has 0 unspecified atom stereocenters. The van der Waals surface area contributed by atoms with Crippen molar-refractivity contribution in [1.29, 1.82) is 0 Å². The van der Waals surface area contributed by atoms with Crippen molar-refractivity contribution >= 4 is 0 Å². The zero-order valence-corrected chi connectivity index (χ0v) is 10.5. The van der Waals surface area contributed by atoms with Gasteiger partial charge in [0.1, 0.15) is 0 Å². The Morgan fingerprint density at radius 2 is 1.00 bits per heavy atom. The van der Waals surface area contributed by atoms with Gasteiger partial charge in [-0.25, -0.2) is 0 Å². The van der Waals surface area contributed by atoms with Crippen molar-refractivity contribution < 1.29 is 5.11 Å². The van der Waals surface area contributed by atoms with Gasteiger partial charge < -0.3 is 32.5 Å². The maximum absolute atomic E-state index is 7.57. The van der Waals surface area contributed by atoms with Crippen LogP contribution in [0.25, 0.3) is 0 Å². The number of hydrogen-bond donors (Lipinski definition) is 6. The lowest BCUT2D eigenvalue weighted by Gasteiger charge is -2.06. The van der Waals surface area contributed by atoms with E-state index >= 15 is 0 Å². The van der Waals surface area contributed by atoms with Crippen LogP contribution in [-0.4, -0.2) is 64.1 Å². The summed E-state index contributed by atoms with van der Waals surface area (Å²) in [6.07, 6.45) is 0. The van der Waals surface area contributed by atoms with Crippen molar-refractivity contribution in [3.63, 3.8) is 0 Å². The number of nitrogens with two attached hydrogens (primary N) is 2. The molecule has 6 nitrogen and oxygen atoms in total. The molecule has 0 aromatic carbocycles. The Morgan fingerprint density at radius 1 is 0.750 bits per heavy atom. The molecule has 0 rings (SSSR count). The Hall–Kier alpha value is -0.240. The lowest BCUT2D eigenvalue weighted by atomic mass is 10.5. The summed E-state index contributed by atoms with van der Waals surface area (Å²) >= 11 is 0. The molecule has 0 spiro atoms. The van der Waals surface area contributed by atoms with Crippen molar-refractivity contribution in [2.75, 3.05) is 59.0 Å². The first-order valence-electron chi connectivity index (χ1n) is 5.96. The Kier molecular flexibility index (Phi) is 22.9. The van der Waals surface area contributed by atoms with Gasteiger partial charge in [0.05, 0.1) is 0 Å². The van der Waals surface area contributed by atoms with Gasteiger partial charge in [-0.15, -0.1) is 0 Å². The summed E-state index contributed by atoms with van der Waals surface area (Å²) < 4.78 is 0. The molecule has 16 heavy (non-hydrogen) atoms. The third-order valence-electron chi connectivity index (χ3n) is 1.60. The van der Waals surface area contributed by atoms with Crippen LogP contribution in [0.1, 0.15) is 6.92 Å². The van der Waals surface area contributed by atoms with Gasteiger partial charge in [-0.1, -0.05) is 0 Å². The second kappa shape index (κ2) is 20.2. The minimum atomic E-state index is 0.250. The Labute approximate surface area is 99.2 Å². The Morgan fingerprint density at radius 3 is 1.25 bits per heavy atom. The summed E-state index contributed by atoms with van der Waals surface area (Å²) in [6, 6.07) is 0. The molecule has 0 amide bonds. The number of rotatable bonds is 10. The molecule has 0 radical (unpaired) electrons. The minimum Gasteiger partial charge on any atom is -0.397 e. The quantitative estimate of drug-likeness (QED) is 0.237. The van der Waals surface area contributed by atoms with Crippen LogP contribution in [0.15, 0.2) is 0 Å². The van der Waals surface area contributed by atoms with E-state index in [1.54, 1.807) is 6.92 Å². The standard InChI is InChI=1S/C8H23N5.C2H6O/c9-1-3-11-5-7-13-8-6-12-4-2-10;1-2-3/h11-13H,1-10H2;3H,2H2,1H3. The number of nitrogens with one attached hydrogen (secondary N) is 3. The largest absolute Gasteiger partial charge is 0.397 e. The number of aliphatic hydroxyl groups excluding tert-OH is 1. The van der Waals surface area contributed by atoms with E-state index in [2.05, 4.69) is 16.0 Å². The fourth-order valence-electron chi connectivity index (χ4n) is 0.933. The highest BCUT2D eigenvalue weighted by atomic mass is 16.2. The Bertz CT molecular complexity index is 95.2. The summed E-state index contributed by atoms with van der Waals surface area (Å²) in [5.74, 6) is 0. The maximum Gasteiger partial charge on any atom is 0.0402 e. The van der Waals surface area contributed by atoms with Crippen molar-refractivity contribution in [3.05, 3.63) is 0 Å². The zero-order valence-electron chi connectivity index (χ0n) is 10.5. The van der Waals surface area contributed by atoms with Gasteiger partial charge in [-0.05, 0) is 6.92 Å². The first-order chi connectivity index (χ1) is 7.83. The van der Waals surface area contributed by atoms with E-state index in [1.807, 2.05) is 0 Å². The maximum atomic E-state index is 7.57. The third kappa shape index (κ3) is 23.5. The molecule has 0 aliphatic carbocycles. The highest BCUT2D eigenvalue weighted by Gasteiger charge is 1.87. The fraction of sp³-hybridized carbons (Fsp3) is 1.00. The topological polar surface area (TPSA) is 108 Å². The molecule has 0 bridgehead atoms. The number of hydrogen-bond acceptors (Lipinski definition) is 6. The second-order valence-corrected chi connectivity index (χ2v) is 3.14. The lowest BCUT2D eigenvalue weighted by Crippen LogP contribution is -2.35. The molecule has 0 aliphatic heterocycles. The van der Waals surface area contributed by atoms with Gasteiger partial charge >= 0.3 is 0 Å². The highest BCUT2D eigenvalue weighted by Crippen LogP contribution is 1.60. The van der Waals surface area contributed by atoms with Gasteiger partial charge in [0, 0.05) is 59.0 Å². The highest BCUT2D eigenvalue weighted by molar-refractivity contribution is 4.54. The molecule has 0 aromatic heterocycles. The summed E-state index contributed by atoms with van der Waals surface area (Å²) in [6.45, 7) is 9.08. The molecule has 0 saturated carbocycles. The molecule has 6 heteroatoms. The van der Waals surface area contributed by atoms with Crippen LogP contribution in [-0.2, 0) is 0 Å². The minimum absolute atomic E-state index is 0.250. The van der Waals surface area contributed by atoms with E-state index in [0.29, 0.717) is 13.1 Å². The van der Waals surface area contributed by atoms with Crippen molar-refractivity contribution in [2.45, 2.75) is 6.92 Å². The summed E-state index contributed by atoms with van der Waals surface area (Å²) in [4.78, 5) is 0. The lowest BCUT2D eigenvalue weighted by molar-refractivity contribution is 0.318. The van der Waals surface area contributed by atoms with Gasteiger partial charge in [0.2, 0.25) is 0 Å². The molecule has 100 valence electrons. The zero-order chi connectivity index (χ0) is 12.5. The third-order valence-corrected chi connectivity index (χ3v) is 1.60. The van der Waals surface area contributed by atoms with E-state index in [0.717, 1.165) is 39.3 Å². The van der Waals surface area contributed by atoms with E-state index in [1.165, 1.54) is 0 Å². The van der Waals surface area contributed by atoms with Crippen LogP contribution in [0.4, 0.5) is 0 Å². The van der Waals surface area contributed by atoms with Crippen LogP contribution < -0.4 is 27.4 Å². The molecular weight excluding hydrogens is 206 g/mol. The monoisotopic (exact) mass is 235 g/mol. The van der Waals surface area contributed by atoms with Crippen molar-refractivity contribution in [1.82, 2.24) is 16.0 Å². The van der Waals surface area contributed by atoms with Gasteiger partial charge in [-0.3, -0.25) is 0 Å². The summed E-state index contributed by atoms with van der Waals surface area (Å²) in [5.41, 5.74) is 10.6. The first kappa shape index (κ1) is 18.1. The summed E-state index contributed by atoms with van der Waals surface area (Å²) in [7, 11) is 0. The molecule has 0 saturated heterocycles. The average Bonchev–Trinajstić information content (AvgIpc) is 2.28. The first-order valence-corrected chi connectivity index (χ1v) is 5.96. The summed E-state index contributed by atoms with van der Waals surface area (Å²) in [5, 5.41) is 17.3. The molecular formula is C10H29N5O. The normalized spacial score (nSPS) is 9.75. The molecule has 8 N–H and O–H groups in total. The molecule has 0 atom stereocenters. The van der Waals surface area contributed by atoms with Gasteiger partial charge in [0.25, 0.3) is 0 Å². The molecule has 0 aliphatic rings. The number of aliphatic hydroxyl groups is 1. The van der Waals surface area contributed by atoms with Crippen LogP contribution >= 0.6 is 0 Å². The van der Waals surface area contributed by atoms with Gasteiger partial charge in [-0.2, -0.15) is 0 Å². The smallest absolute Gasteiger partial charge is 0.0402 e. The van der Waals surface area contributed by atoms with E-state index in [-0.39, 0.29) is 6.61 Å². The van der Waals surface area contributed by atoms with E-state index < -0.39 is 0 Å². The second-order valence-electron chi connectivity index (χ2n) is 3.14. The van der Waals surface area contributed by atoms with Crippen LogP contribution in [0.3, 0.4) is 0 Å². The van der Waals surface area contributed by atoms with Crippen LogP contribution in [0.2, 0.25) is 0 Å². The molecule has 0 aromatic rings. The van der Waals surface area contributed by atoms with Crippen LogP contribution in [0.5, 0.6) is 0 Å². The van der Waals surface area contributed by atoms with Crippen LogP contribution in [0, 0.1) is 0 Å². The van der Waals surface area contributed by atoms with Crippen molar-refractivity contribution in [2.24, 2.45) is 11.5 Å². The van der Waals surface area contributed by atoms with E-state index in [9.17, 15) is 0 Å². The predicted molar refractivity (Wildman–Crippen MR) is 69.5 cm³/mol. The van der Waals surface area contributed by atoms with Crippen molar-refractivity contribution in [3.8, 4) is 0 Å². The van der Waals surface area contributed by atoms with E-state index in [4.69, 9.17) is 16.6 Å². The predicted octanol–water partition coefficient (Wildman–Crippen LogP) is -2.33. The fourth-order valence-corrected chi connectivity index (χ4v) is 0.933. The molecule has 0 heterocycles. The Balaban J connectivity index is 0. The molecule has 0 fully saturated rings. The SMILES string of the molecule is CCO.NCCNCCNCCNCCN. The van der Waals surface area contributed by atoms with Gasteiger partial charge in [0.15, 0.2) is 0 Å². The average molecular weight is 235 g/mol.